The van der Waals surface area contributed by atoms with Crippen LogP contribution in [0.4, 0.5) is 18.9 Å². The quantitative estimate of drug-likeness (QED) is 0.374. The molecule has 2 aromatic rings. The molecule has 0 aromatic heterocycles. The van der Waals surface area contributed by atoms with Gasteiger partial charge >= 0.3 is 6.18 Å². The number of carbonyl (C=O) groups excluding carboxylic acids is 2. The average molecular weight is 629 g/mol. The lowest BCUT2D eigenvalue weighted by Crippen LogP contribution is -2.52. The van der Waals surface area contributed by atoms with Crippen molar-refractivity contribution in [3.8, 4) is 0 Å². The summed E-state index contributed by atoms with van der Waals surface area (Å²) in [5.74, 6) is -1.35. The number of halogens is 6. The summed E-state index contributed by atoms with van der Waals surface area (Å²) in [7, 11) is -4.30. The molecule has 0 heterocycles. The Hall–Kier alpha value is -2.21. The molecule has 0 aliphatic heterocycles. The van der Waals surface area contributed by atoms with Gasteiger partial charge in [-0.2, -0.15) is 13.2 Å². The Kier molecular flexibility index (Phi) is 10.1. The molecule has 1 aliphatic carbocycles. The molecular formula is C25H27Cl3F3N3O4S. The van der Waals surface area contributed by atoms with E-state index in [4.69, 9.17) is 34.8 Å². The molecule has 1 aliphatic rings. The summed E-state index contributed by atoms with van der Waals surface area (Å²) in [5, 5.41) is 3.01. The van der Waals surface area contributed by atoms with Crippen molar-refractivity contribution in [1.82, 2.24) is 10.2 Å². The zero-order valence-corrected chi connectivity index (χ0v) is 24.1. The monoisotopic (exact) mass is 627 g/mol. The zero-order valence-electron chi connectivity index (χ0n) is 21.1. The summed E-state index contributed by atoms with van der Waals surface area (Å²) in [6, 6.07) is 5.69. The molecule has 0 bridgehead atoms. The third-order valence-electron chi connectivity index (χ3n) is 6.48. The highest BCUT2D eigenvalue weighted by Crippen LogP contribution is 2.36. The summed E-state index contributed by atoms with van der Waals surface area (Å²) in [6.45, 7) is 0.280. The Bertz CT molecular complexity index is 1320. The average Bonchev–Trinajstić information content (AvgIpc) is 3.34. The fourth-order valence-electron chi connectivity index (χ4n) is 4.30. The van der Waals surface area contributed by atoms with Gasteiger partial charge in [0, 0.05) is 28.2 Å². The molecule has 0 unspecified atom stereocenters. The number of hydrogen-bond donors (Lipinski definition) is 1. The molecule has 0 saturated heterocycles. The molecule has 0 spiro atoms. The van der Waals surface area contributed by atoms with E-state index >= 15 is 0 Å². The normalized spacial score (nSPS) is 15.2. The molecule has 7 nitrogen and oxygen atoms in total. The van der Waals surface area contributed by atoms with Gasteiger partial charge in [0.25, 0.3) is 0 Å². The van der Waals surface area contributed by atoms with E-state index in [2.05, 4.69) is 5.32 Å². The molecule has 1 N–H and O–H groups in total. The topological polar surface area (TPSA) is 86.8 Å². The minimum absolute atomic E-state index is 0.0581. The first kappa shape index (κ1) is 31.3. The van der Waals surface area contributed by atoms with Gasteiger partial charge in [-0.3, -0.25) is 13.9 Å². The highest BCUT2D eigenvalue weighted by atomic mass is 35.5. The zero-order chi connectivity index (χ0) is 29.1. The maximum atomic E-state index is 13.7. The second kappa shape index (κ2) is 12.5. The molecule has 39 heavy (non-hydrogen) atoms. The third kappa shape index (κ3) is 7.93. The predicted octanol–water partition coefficient (Wildman–Crippen LogP) is 5.91. The Morgan fingerprint density at radius 1 is 1.05 bits per heavy atom. The molecule has 14 heteroatoms. The van der Waals surface area contributed by atoms with Crippen LogP contribution in [0.1, 0.15) is 43.7 Å². The number of nitrogens with zero attached hydrogens (tertiary/aromatic N) is 2. The molecule has 2 aromatic carbocycles. The maximum Gasteiger partial charge on any atom is 0.416 e. The van der Waals surface area contributed by atoms with Gasteiger partial charge in [-0.15, -0.1) is 0 Å². The van der Waals surface area contributed by atoms with Crippen molar-refractivity contribution >= 4 is 62.3 Å². The fourth-order valence-corrected chi connectivity index (χ4v) is 5.94. The van der Waals surface area contributed by atoms with Gasteiger partial charge in [0.1, 0.15) is 12.6 Å². The highest BCUT2D eigenvalue weighted by Gasteiger charge is 2.35. The van der Waals surface area contributed by atoms with E-state index in [1.54, 1.807) is 18.2 Å². The minimum atomic E-state index is -4.79. The van der Waals surface area contributed by atoms with Gasteiger partial charge in [-0.1, -0.05) is 53.7 Å². The Morgan fingerprint density at radius 3 is 2.18 bits per heavy atom. The van der Waals surface area contributed by atoms with Crippen molar-refractivity contribution in [2.24, 2.45) is 0 Å². The van der Waals surface area contributed by atoms with Crippen molar-refractivity contribution in [3.63, 3.8) is 0 Å². The van der Waals surface area contributed by atoms with Crippen LogP contribution in [0.15, 0.2) is 36.4 Å². The van der Waals surface area contributed by atoms with E-state index in [-0.39, 0.29) is 27.7 Å². The van der Waals surface area contributed by atoms with Gasteiger partial charge < -0.3 is 10.2 Å². The Labute approximate surface area is 240 Å². The van der Waals surface area contributed by atoms with Crippen LogP contribution in [0.3, 0.4) is 0 Å². The van der Waals surface area contributed by atoms with Crippen molar-refractivity contribution in [2.75, 3.05) is 17.1 Å². The standard InChI is InChI=1S/C25H27Cl3F3N3O4S/c1-15(24(36)32-17-6-3-4-7-17)33(13-18-19(26)8-5-9-20(18)27)23(35)14-34(39(2,37)38)22-12-16(25(29,30)31)10-11-21(22)28/h5,8-12,15,17H,3-4,6-7,13-14H2,1-2H3,(H,32,36)/t15-/m1/s1. The van der Waals surface area contributed by atoms with Crippen molar-refractivity contribution in [1.29, 1.82) is 0 Å². The number of sulfonamides is 1. The lowest BCUT2D eigenvalue weighted by atomic mass is 10.1. The van der Waals surface area contributed by atoms with Crippen molar-refractivity contribution in [3.05, 3.63) is 62.6 Å². The number of amides is 2. The Balaban J connectivity index is 2.00. The van der Waals surface area contributed by atoms with E-state index < -0.39 is 51.9 Å². The van der Waals surface area contributed by atoms with Gasteiger partial charge in [-0.05, 0) is 50.1 Å². The van der Waals surface area contributed by atoms with Crippen LogP contribution < -0.4 is 9.62 Å². The number of anilines is 1. The van der Waals surface area contributed by atoms with Crippen LogP contribution in [-0.4, -0.2) is 50.0 Å². The number of alkyl halides is 3. The van der Waals surface area contributed by atoms with Crippen molar-refractivity contribution in [2.45, 2.75) is 57.4 Å². The summed E-state index contributed by atoms with van der Waals surface area (Å²) in [6.07, 6.45) is -0.553. The number of carbonyl (C=O) groups is 2. The van der Waals surface area contributed by atoms with E-state index in [9.17, 15) is 31.2 Å². The Morgan fingerprint density at radius 2 is 1.64 bits per heavy atom. The second-order valence-electron chi connectivity index (χ2n) is 9.32. The highest BCUT2D eigenvalue weighted by molar-refractivity contribution is 7.92. The second-order valence-corrected chi connectivity index (χ2v) is 12.4. The predicted molar refractivity (Wildman–Crippen MR) is 146 cm³/mol. The molecule has 1 atom stereocenters. The largest absolute Gasteiger partial charge is 0.416 e. The molecule has 0 radical (unpaired) electrons. The lowest BCUT2D eigenvalue weighted by molar-refractivity contribution is -0.139. The number of hydrogen-bond acceptors (Lipinski definition) is 4. The van der Waals surface area contributed by atoms with Gasteiger partial charge in [0.2, 0.25) is 21.8 Å². The molecule has 2 amide bonds. The number of benzene rings is 2. The molecule has 214 valence electrons. The molecule has 3 rings (SSSR count). The molecular weight excluding hydrogens is 602 g/mol. The summed E-state index contributed by atoms with van der Waals surface area (Å²) < 4.78 is 66.0. The summed E-state index contributed by atoms with van der Waals surface area (Å²) >= 11 is 18.7. The van der Waals surface area contributed by atoms with Gasteiger partial charge in [0.05, 0.1) is 22.5 Å². The van der Waals surface area contributed by atoms with Crippen LogP contribution in [0.2, 0.25) is 15.1 Å². The third-order valence-corrected chi connectivity index (χ3v) is 8.63. The van der Waals surface area contributed by atoms with Crippen LogP contribution in [0, 0.1) is 0 Å². The summed E-state index contributed by atoms with van der Waals surface area (Å²) in [5.41, 5.74) is -1.36. The first-order valence-electron chi connectivity index (χ1n) is 12.0. The first-order valence-corrected chi connectivity index (χ1v) is 14.9. The van der Waals surface area contributed by atoms with E-state index in [1.165, 1.54) is 6.92 Å². The smallest absolute Gasteiger partial charge is 0.352 e. The molecule has 1 saturated carbocycles. The van der Waals surface area contributed by atoms with Crippen LogP contribution in [0.25, 0.3) is 0 Å². The molecule has 1 fully saturated rings. The van der Waals surface area contributed by atoms with Crippen molar-refractivity contribution < 1.29 is 31.2 Å². The number of rotatable bonds is 9. The van der Waals surface area contributed by atoms with Crippen LogP contribution in [0.5, 0.6) is 0 Å². The minimum Gasteiger partial charge on any atom is -0.352 e. The maximum absolute atomic E-state index is 13.7. The lowest BCUT2D eigenvalue weighted by Gasteiger charge is -2.32. The fraction of sp³-hybridized carbons (Fsp3) is 0.440. The van der Waals surface area contributed by atoms with E-state index in [0.717, 1.165) is 42.9 Å². The first-order chi connectivity index (χ1) is 18.1. The van der Waals surface area contributed by atoms with Gasteiger partial charge in [-0.25, -0.2) is 8.42 Å². The summed E-state index contributed by atoms with van der Waals surface area (Å²) in [4.78, 5) is 27.9. The van der Waals surface area contributed by atoms with E-state index in [0.29, 0.717) is 22.0 Å². The van der Waals surface area contributed by atoms with Crippen LogP contribution in [-0.2, 0) is 32.3 Å². The van der Waals surface area contributed by atoms with Gasteiger partial charge in [0.15, 0.2) is 0 Å². The van der Waals surface area contributed by atoms with E-state index in [1.807, 2.05) is 0 Å². The SMILES string of the molecule is C[C@H](C(=O)NC1CCCC1)N(Cc1c(Cl)cccc1Cl)C(=O)CN(c1cc(C(F)(F)F)ccc1Cl)S(C)(=O)=O. The number of nitrogens with one attached hydrogen (secondary N) is 1. The van der Waals surface area contributed by atoms with Crippen LogP contribution >= 0.6 is 34.8 Å².